The Morgan fingerprint density at radius 1 is 1.15 bits per heavy atom. The molecule has 1 fully saturated rings. The summed E-state index contributed by atoms with van der Waals surface area (Å²) in [6, 6.07) is 0. The summed E-state index contributed by atoms with van der Waals surface area (Å²) in [5, 5.41) is 0. The summed E-state index contributed by atoms with van der Waals surface area (Å²) < 4.78 is 10.3. The fourth-order valence-corrected chi connectivity index (χ4v) is 0.961. The second-order valence-electron chi connectivity index (χ2n) is 2.51. The Bertz CT molecular complexity index is 109. The molecule has 0 unspecified atom stereocenters. The minimum absolute atomic E-state index is 0. The molecule has 0 radical (unpaired) electrons. The minimum Gasteiger partial charge on any atom is -1.00 e. The van der Waals surface area contributed by atoms with Gasteiger partial charge in [0.1, 0.15) is 6.79 Å². The van der Waals surface area contributed by atoms with Gasteiger partial charge in [-0.15, -0.1) is 0 Å². The number of hydrogen-bond acceptors (Lipinski definition) is 4. The molecule has 1 saturated heterocycles. The molecular weight excluding hydrogens is 581 g/mol. The zero-order valence-electron chi connectivity index (χ0n) is 7.08. The molecule has 1 aliphatic rings. The van der Waals surface area contributed by atoms with Gasteiger partial charge in [0, 0.05) is 19.5 Å². The normalized spacial score (nSPS) is 18.9. The molecule has 1 rings (SSSR count). The molecule has 13 heavy (non-hydrogen) atoms. The van der Waals surface area contributed by atoms with Crippen LogP contribution in [-0.2, 0) is 30.5 Å². The first-order chi connectivity index (χ1) is 4.83. The van der Waals surface area contributed by atoms with Gasteiger partial charge in [0.2, 0.25) is 0 Å². The molecule has 0 aromatic heterocycles. The molecule has 0 saturated carbocycles. The maximum Gasteiger partial charge on any atom is 2.00 e. The quantitative estimate of drug-likeness (QED) is 0.312. The van der Waals surface area contributed by atoms with E-state index in [2.05, 4.69) is 0 Å². The summed E-state index contributed by atoms with van der Waals surface area (Å²) in [6.07, 6.45) is 0.806. The van der Waals surface area contributed by atoms with Crippen LogP contribution >= 0.6 is 0 Å². The van der Waals surface area contributed by atoms with Crippen LogP contribution in [0.5, 0.6) is 0 Å². The molecule has 0 aliphatic carbocycles. The smallest absolute Gasteiger partial charge is 1.00 e. The van der Waals surface area contributed by atoms with Crippen LogP contribution < -0.4 is 59.4 Å². The van der Waals surface area contributed by atoms with Gasteiger partial charge in [-0.2, -0.15) is 0 Å². The number of hydrogen-bond donors (Lipinski definition) is 2. The van der Waals surface area contributed by atoms with Crippen LogP contribution in [-0.4, -0.2) is 32.1 Å². The van der Waals surface area contributed by atoms with Gasteiger partial charge >= 0.3 is 21.1 Å². The maximum atomic E-state index is 5.49. The van der Waals surface area contributed by atoms with Gasteiger partial charge in [-0.25, -0.2) is 0 Å². The van der Waals surface area contributed by atoms with Crippen molar-refractivity contribution in [3.05, 3.63) is 0 Å². The second kappa shape index (κ2) is 10.5. The third kappa shape index (κ3) is 6.21. The van der Waals surface area contributed by atoms with E-state index in [-0.39, 0.29) is 74.6 Å². The Hall–Kier alpha value is 1.99. The zero-order valence-corrected chi connectivity index (χ0v) is 13.7. The van der Waals surface area contributed by atoms with Crippen LogP contribution in [0.25, 0.3) is 0 Å². The summed E-state index contributed by atoms with van der Waals surface area (Å²) in [4.78, 5) is 0. The molecule has 0 amide bonds. The van der Waals surface area contributed by atoms with E-state index in [1.165, 1.54) is 0 Å². The topological polar surface area (TPSA) is 70.5 Å². The molecule has 84 valence electrons. The molecular formula is C6H14I2N2O2Pt. The molecule has 0 aromatic rings. The van der Waals surface area contributed by atoms with Gasteiger partial charge in [0.25, 0.3) is 0 Å². The first-order valence-corrected chi connectivity index (χ1v) is 3.45. The van der Waals surface area contributed by atoms with Gasteiger partial charge in [-0.3, -0.25) is 0 Å². The Balaban J connectivity index is -0.000000333. The average Bonchev–Trinajstić information content (AvgIpc) is 2.06. The summed E-state index contributed by atoms with van der Waals surface area (Å²) in [5.41, 5.74) is 10.7. The summed E-state index contributed by atoms with van der Waals surface area (Å²) >= 11 is 0. The fourth-order valence-electron chi connectivity index (χ4n) is 0.961. The van der Waals surface area contributed by atoms with Crippen molar-refractivity contribution in [2.75, 3.05) is 26.5 Å². The minimum atomic E-state index is -0.307. The number of ether oxygens (including phenoxy) is 2. The van der Waals surface area contributed by atoms with Crippen LogP contribution in [0.4, 0.5) is 0 Å². The Labute approximate surface area is 127 Å². The van der Waals surface area contributed by atoms with Gasteiger partial charge in [-0.1, -0.05) is 0 Å². The predicted molar refractivity (Wildman–Crippen MR) is 37.4 cm³/mol. The summed E-state index contributed by atoms with van der Waals surface area (Å²) in [6.45, 7) is 1.99. The molecule has 0 atom stereocenters. The predicted octanol–water partition coefficient (Wildman–Crippen LogP) is -6.96. The largest absolute Gasteiger partial charge is 2.00 e. The van der Waals surface area contributed by atoms with E-state index >= 15 is 0 Å². The number of halogens is 2. The molecule has 4 N–H and O–H groups in total. The molecule has 1 aliphatic heterocycles. The van der Waals surface area contributed by atoms with Crippen LogP contribution in [0.2, 0.25) is 0 Å². The summed E-state index contributed by atoms with van der Waals surface area (Å²) in [7, 11) is 0. The molecule has 0 aromatic carbocycles. The first-order valence-electron chi connectivity index (χ1n) is 3.45. The van der Waals surface area contributed by atoms with E-state index in [1.54, 1.807) is 0 Å². The molecule has 1 heterocycles. The van der Waals surface area contributed by atoms with Crippen LogP contribution in [0.15, 0.2) is 0 Å². The average molecular weight is 595 g/mol. The standard InChI is InChI=1S/C6H14N2O2.2HI.Pt/c7-3-6(4-8)1-2-9-5-10-6;;;/h1-5,7-8H2;2*1H;/q;;;+2/p-2. The Morgan fingerprint density at radius 2 is 1.69 bits per heavy atom. The van der Waals surface area contributed by atoms with Crippen molar-refractivity contribution in [3.63, 3.8) is 0 Å². The van der Waals surface area contributed by atoms with Crippen molar-refractivity contribution in [2.24, 2.45) is 11.5 Å². The third-order valence-electron chi connectivity index (χ3n) is 1.89. The van der Waals surface area contributed by atoms with Crippen molar-refractivity contribution < 1.29 is 78.5 Å². The van der Waals surface area contributed by atoms with Gasteiger partial charge < -0.3 is 68.9 Å². The first kappa shape index (κ1) is 20.4. The van der Waals surface area contributed by atoms with Crippen molar-refractivity contribution in [1.29, 1.82) is 0 Å². The third-order valence-corrected chi connectivity index (χ3v) is 1.89. The van der Waals surface area contributed by atoms with E-state index in [1.807, 2.05) is 0 Å². The van der Waals surface area contributed by atoms with Gasteiger partial charge in [0.05, 0.1) is 12.2 Å². The summed E-state index contributed by atoms with van der Waals surface area (Å²) in [5.74, 6) is 0. The zero-order chi connectivity index (χ0) is 7.45. The van der Waals surface area contributed by atoms with Gasteiger partial charge in [0.15, 0.2) is 0 Å². The fraction of sp³-hybridized carbons (Fsp3) is 1.00. The molecule has 7 heteroatoms. The Morgan fingerprint density at radius 3 is 1.92 bits per heavy atom. The van der Waals surface area contributed by atoms with Crippen LogP contribution in [0, 0.1) is 0 Å². The number of nitrogens with two attached hydrogens (primary N) is 2. The molecule has 4 nitrogen and oxygen atoms in total. The van der Waals surface area contributed by atoms with Crippen molar-refractivity contribution in [2.45, 2.75) is 12.0 Å². The van der Waals surface area contributed by atoms with E-state index < -0.39 is 0 Å². The maximum absolute atomic E-state index is 5.49. The number of rotatable bonds is 2. The van der Waals surface area contributed by atoms with E-state index in [0.29, 0.717) is 26.5 Å². The van der Waals surface area contributed by atoms with E-state index in [0.717, 1.165) is 6.42 Å². The molecule has 0 spiro atoms. The van der Waals surface area contributed by atoms with E-state index in [4.69, 9.17) is 20.9 Å². The monoisotopic (exact) mass is 595 g/mol. The van der Waals surface area contributed by atoms with Crippen LogP contribution in [0.1, 0.15) is 6.42 Å². The Kier molecular flexibility index (Phi) is 16.5. The molecule has 0 bridgehead atoms. The van der Waals surface area contributed by atoms with Crippen LogP contribution in [0.3, 0.4) is 0 Å². The van der Waals surface area contributed by atoms with E-state index in [9.17, 15) is 0 Å². The van der Waals surface area contributed by atoms with Gasteiger partial charge in [-0.05, 0) is 0 Å². The van der Waals surface area contributed by atoms with Crippen molar-refractivity contribution >= 4 is 0 Å². The van der Waals surface area contributed by atoms with Crippen molar-refractivity contribution in [3.8, 4) is 0 Å². The second-order valence-corrected chi connectivity index (χ2v) is 2.51. The van der Waals surface area contributed by atoms with Crippen molar-refractivity contribution in [1.82, 2.24) is 0 Å². The SMILES string of the molecule is NCC1(CN)CCOCO1.[I-].[I-].[Pt+2].